The van der Waals surface area contributed by atoms with Crippen molar-refractivity contribution in [2.45, 2.75) is 28.5 Å². The van der Waals surface area contributed by atoms with E-state index in [2.05, 4.69) is 20.3 Å². The third-order valence-corrected chi connectivity index (χ3v) is 8.69. The first kappa shape index (κ1) is 26.4. The van der Waals surface area contributed by atoms with Crippen molar-refractivity contribution < 1.29 is 28.1 Å². The van der Waals surface area contributed by atoms with Crippen molar-refractivity contribution in [3.63, 3.8) is 0 Å². The molecule has 204 valence electrons. The number of imidazole rings is 1. The van der Waals surface area contributed by atoms with E-state index in [9.17, 15) is 18.7 Å². The molecule has 10 nitrogen and oxygen atoms in total. The summed E-state index contributed by atoms with van der Waals surface area (Å²) in [4.78, 5) is 23.6. The number of pyridine rings is 2. The molecule has 1 aromatic carbocycles. The summed E-state index contributed by atoms with van der Waals surface area (Å²) in [6.07, 6.45) is -0.206. The van der Waals surface area contributed by atoms with Crippen molar-refractivity contribution in [2.24, 2.45) is 7.05 Å². The molecule has 14 heteroatoms. The number of fused-ring (bicyclic) bond motifs is 2. The largest absolute Gasteiger partial charge is 0.456 e. The maximum Gasteiger partial charge on any atom is 0.296 e. The first-order valence-corrected chi connectivity index (χ1v) is 13.3. The van der Waals surface area contributed by atoms with E-state index in [1.807, 2.05) is 22.6 Å². The second-order valence-corrected chi connectivity index (χ2v) is 11.4. The summed E-state index contributed by atoms with van der Waals surface area (Å²) in [6, 6.07) is 7.00. The van der Waals surface area contributed by atoms with E-state index in [1.54, 1.807) is 19.2 Å². The minimum atomic E-state index is -0.881. The molecule has 39 heavy (non-hydrogen) atoms. The lowest BCUT2D eigenvalue weighted by atomic mass is 10.0. The van der Waals surface area contributed by atoms with Crippen molar-refractivity contribution >= 4 is 51.2 Å². The van der Waals surface area contributed by atoms with E-state index in [0.29, 0.717) is 11.1 Å². The average Bonchev–Trinajstić information content (AvgIpc) is 3.52. The van der Waals surface area contributed by atoms with Crippen LogP contribution in [0.15, 0.2) is 41.3 Å². The van der Waals surface area contributed by atoms with E-state index in [0.717, 1.165) is 0 Å². The standard InChI is InChI=1S/C25H21ClF2IN5O5/c1-34-3-2-11(6-20(34)36)12-4-15(27)13(16(28)5-12)8-30-22-14(26)7-17-23(32-22)33-24(31-17)39-18-9-38-25(29)19(35)10-37-21(18)25/h2-7,18-19,21,35H,8-10H2,1H3,(H2,30,31,32,33)/t18-,19-,21-,25-/m1/s1. The Bertz CT molecular complexity index is 1630. The van der Waals surface area contributed by atoms with Gasteiger partial charge >= 0.3 is 0 Å². The van der Waals surface area contributed by atoms with E-state index < -0.39 is 33.6 Å². The maximum absolute atomic E-state index is 14.9. The molecular weight excluding hydrogens is 651 g/mol. The lowest BCUT2D eigenvalue weighted by Gasteiger charge is -2.23. The minimum absolute atomic E-state index is 0.149. The molecule has 3 aromatic heterocycles. The molecule has 0 amide bonds. The number of hydrogen-bond donors (Lipinski definition) is 3. The van der Waals surface area contributed by atoms with Gasteiger partial charge in [0.2, 0.25) is 0 Å². The number of aromatic amines is 1. The number of benzene rings is 1. The van der Waals surface area contributed by atoms with Crippen molar-refractivity contribution in [1.82, 2.24) is 19.5 Å². The zero-order valence-corrected chi connectivity index (χ0v) is 23.2. The number of rotatable bonds is 6. The molecule has 4 atom stereocenters. The molecule has 0 saturated carbocycles. The van der Waals surface area contributed by atoms with Gasteiger partial charge in [-0.15, -0.1) is 0 Å². The van der Waals surface area contributed by atoms with Crippen LogP contribution in [0.1, 0.15) is 5.56 Å². The van der Waals surface area contributed by atoms with Gasteiger partial charge in [0.1, 0.15) is 29.7 Å². The van der Waals surface area contributed by atoms with Crippen LogP contribution in [0, 0.1) is 11.6 Å². The predicted octanol–water partition coefficient (Wildman–Crippen LogP) is 3.54. The van der Waals surface area contributed by atoms with Gasteiger partial charge in [-0.2, -0.15) is 4.98 Å². The van der Waals surface area contributed by atoms with Gasteiger partial charge in [0.05, 0.1) is 23.8 Å². The highest BCUT2D eigenvalue weighted by Crippen LogP contribution is 2.44. The summed E-state index contributed by atoms with van der Waals surface area (Å²) in [5.74, 6) is -1.39. The molecule has 6 rings (SSSR count). The van der Waals surface area contributed by atoms with Gasteiger partial charge in [-0.3, -0.25) is 4.79 Å². The summed E-state index contributed by atoms with van der Waals surface area (Å²) in [7, 11) is 1.59. The Kier molecular flexibility index (Phi) is 6.74. The van der Waals surface area contributed by atoms with Gasteiger partial charge in [0, 0.05) is 31.4 Å². The number of aryl methyl sites for hydroxylation is 1. The number of aliphatic hydroxyl groups is 1. The lowest BCUT2D eigenvalue weighted by Crippen LogP contribution is -2.42. The quantitative estimate of drug-likeness (QED) is 0.210. The van der Waals surface area contributed by atoms with Crippen molar-refractivity contribution in [2.75, 3.05) is 18.5 Å². The molecule has 2 aliphatic rings. The van der Waals surface area contributed by atoms with Gasteiger partial charge in [-0.05, 0) is 58.0 Å². The maximum atomic E-state index is 14.9. The number of aliphatic hydroxyl groups excluding tert-OH is 1. The fourth-order valence-corrected chi connectivity index (χ4v) is 5.76. The molecule has 0 radical (unpaired) electrons. The summed E-state index contributed by atoms with van der Waals surface area (Å²) >= 11 is 8.40. The van der Waals surface area contributed by atoms with Crippen LogP contribution >= 0.6 is 34.2 Å². The summed E-state index contributed by atoms with van der Waals surface area (Å²) in [6.45, 7) is 0.119. The summed E-state index contributed by atoms with van der Waals surface area (Å²) < 4.78 is 47.6. The second-order valence-electron chi connectivity index (χ2n) is 9.30. The van der Waals surface area contributed by atoms with E-state index in [1.165, 1.54) is 29.0 Å². The smallest absolute Gasteiger partial charge is 0.296 e. The van der Waals surface area contributed by atoms with Crippen LogP contribution in [0.25, 0.3) is 22.3 Å². The monoisotopic (exact) mass is 671 g/mol. The Morgan fingerprint density at radius 3 is 2.77 bits per heavy atom. The molecule has 0 bridgehead atoms. The van der Waals surface area contributed by atoms with E-state index >= 15 is 0 Å². The second kappa shape index (κ2) is 9.96. The Hall–Kier alpha value is -2.85. The van der Waals surface area contributed by atoms with Crippen molar-refractivity contribution in [3.05, 3.63) is 69.1 Å². The van der Waals surface area contributed by atoms with Gasteiger partial charge < -0.3 is 34.2 Å². The Morgan fingerprint density at radius 2 is 2.03 bits per heavy atom. The van der Waals surface area contributed by atoms with Gasteiger partial charge in [0.15, 0.2) is 15.4 Å². The van der Waals surface area contributed by atoms with Gasteiger partial charge in [0.25, 0.3) is 11.6 Å². The van der Waals surface area contributed by atoms with Crippen molar-refractivity contribution in [1.29, 1.82) is 0 Å². The molecule has 2 saturated heterocycles. The molecule has 0 aliphatic carbocycles. The average molecular weight is 672 g/mol. The van der Waals surface area contributed by atoms with Crippen LogP contribution in [0.2, 0.25) is 5.02 Å². The Labute approximate surface area is 238 Å². The van der Waals surface area contributed by atoms with Crippen LogP contribution in [0.3, 0.4) is 0 Å². The van der Waals surface area contributed by atoms with Crippen LogP contribution in [-0.4, -0.2) is 59.8 Å². The Morgan fingerprint density at radius 1 is 1.26 bits per heavy atom. The number of anilines is 1. The molecule has 5 heterocycles. The molecule has 4 aromatic rings. The van der Waals surface area contributed by atoms with Crippen LogP contribution in [0.5, 0.6) is 6.01 Å². The molecule has 2 aliphatic heterocycles. The van der Waals surface area contributed by atoms with Crippen molar-refractivity contribution in [3.8, 4) is 17.1 Å². The molecular formula is C25H21ClF2IN5O5. The predicted molar refractivity (Wildman–Crippen MR) is 146 cm³/mol. The SMILES string of the molecule is Cn1ccc(-c2cc(F)c(CNc3nc4nc(O[C@@H]5CO[C@]6(I)[C@H](O)CO[C@H]56)[nH]c4cc3Cl)c(F)c2)cc1=O. The van der Waals surface area contributed by atoms with Crippen LogP contribution in [0.4, 0.5) is 14.6 Å². The molecule has 0 unspecified atom stereocenters. The normalized spacial score (nSPS) is 24.3. The number of nitrogens with one attached hydrogen (secondary N) is 2. The number of nitrogens with zero attached hydrogens (tertiary/aromatic N) is 3. The van der Waals surface area contributed by atoms with Crippen LogP contribution in [-0.2, 0) is 23.1 Å². The Balaban J connectivity index is 1.19. The number of halogens is 4. The number of alkyl halides is 1. The van der Waals surface area contributed by atoms with Gasteiger partial charge in [-0.1, -0.05) is 11.6 Å². The fourth-order valence-electron chi connectivity index (χ4n) is 4.60. The summed E-state index contributed by atoms with van der Waals surface area (Å²) in [5, 5.41) is 13.2. The number of hydrogen-bond acceptors (Lipinski definition) is 8. The summed E-state index contributed by atoms with van der Waals surface area (Å²) in [5.41, 5.74) is 0.912. The number of H-pyrrole nitrogens is 1. The van der Waals surface area contributed by atoms with E-state index in [4.69, 9.17) is 25.8 Å². The zero-order valence-electron chi connectivity index (χ0n) is 20.3. The number of aromatic nitrogens is 4. The third kappa shape index (κ3) is 4.75. The lowest BCUT2D eigenvalue weighted by molar-refractivity contribution is 0.000698. The topological polar surface area (TPSA) is 124 Å². The zero-order chi connectivity index (χ0) is 27.5. The molecule has 3 N–H and O–H groups in total. The fraction of sp³-hybridized carbons (Fsp3) is 0.320. The highest BCUT2D eigenvalue weighted by Gasteiger charge is 2.59. The molecule has 0 spiro atoms. The molecule has 2 fully saturated rings. The minimum Gasteiger partial charge on any atom is -0.456 e. The van der Waals surface area contributed by atoms with Gasteiger partial charge in [-0.25, -0.2) is 13.8 Å². The third-order valence-electron chi connectivity index (χ3n) is 6.76. The highest BCUT2D eigenvalue weighted by atomic mass is 127. The van der Waals surface area contributed by atoms with Crippen LogP contribution < -0.4 is 15.6 Å². The van der Waals surface area contributed by atoms with E-state index in [-0.39, 0.29) is 58.9 Å². The number of ether oxygens (including phenoxy) is 3. The first-order valence-electron chi connectivity index (χ1n) is 11.9. The first-order chi connectivity index (χ1) is 18.6. The highest BCUT2D eigenvalue weighted by molar-refractivity contribution is 14.1.